The van der Waals surface area contributed by atoms with E-state index in [-0.39, 0.29) is 5.57 Å². The summed E-state index contributed by atoms with van der Waals surface area (Å²) in [6.07, 6.45) is 5.60. The topological polar surface area (TPSA) is 92.5 Å². The highest BCUT2D eigenvalue weighted by Crippen LogP contribution is 2.37. The van der Waals surface area contributed by atoms with Gasteiger partial charge in [0.2, 0.25) is 0 Å². The number of aromatic amines is 1. The minimum Gasteiger partial charge on any atom is -0.358 e. The van der Waals surface area contributed by atoms with E-state index >= 15 is 0 Å². The number of nitriles is 2. The van der Waals surface area contributed by atoms with Gasteiger partial charge in [-0.2, -0.15) is 10.5 Å². The molecule has 0 spiro atoms. The third-order valence-corrected chi connectivity index (χ3v) is 6.31. The van der Waals surface area contributed by atoms with E-state index in [0.29, 0.717) is 10.6 Å². The van der Waals surface area contributed by atoms with Crippen molar-refractivity contribution in [3.05, 3.63) is 57.1 Å². The summed E-state index contributed by atoms with van der Waals surface area (Å²) >= 11 is 1.46. The van der Waals surface area contributed by atoms with E-state index < -0.39 is 5.91 Å². The predicted molar refractivity (Wildman–Crippen MR) is 111 cm³/mol. The third kappa shape index (κ3) is 3.09. The van der Waals surface area contributed by atoms with Crippen LogP contribution in [0.4, 0.5) is 5.00 Å². The average molecular weight is 386 g/mol. The zero-order chi connectivity index (χ0) is 19.7. The molecule has 28 heavy (non-hydrogen) atoms. The number of H-pyrrole nitrogens is 1. The molecule has 0 fully saturated rings. The van der Waals surface area contributed by atoms with Gasteiger partial charge in [-0.05, 0) is 50.3 Å². The summed E-state index contributed by atoms with van der Waals surface area (Å²) in [4.78, 5) is 17.2. The van der Waals surface area contributed by atoms with Crippen LogP contribution in [0.1, 0.15) is 40.1 Å². The molecule has 0 aliphatic heterocycles. The van der Waals surface area contributed by atoms with E-state index in [4.69, 9.17) is 0 Å². The summed E-state index contributed by atoms with van der Waals surface area (Å²) < 4.78 is 0. The first-order valence-corrected chi connectivity index (χ1v) is 9.99. The number of para-hydroxylation sites is 1. The molecule has 6 heteroatoms. The highest BCUT2D eigenvalue weighted by Gasteiger charge is 2.23. The van der Waals surface area contributed by atoms with E-state index in [9.17, 15) is 15.3 Å². The van der Waals surface area contributed by atoms with Gasteiger partial charge in [-0.3, -0.25) is 4.79 Å². The quantitative estimate of drug-likeness (QED) is 0.498. The van der Waals surface area contributed by atoms with Crippen molar-refractivity contribution in [2.75, 3.05) is 5.32 Å². The summed E-state index contributed by atoms with van der Waals surface area (Å²) in [5, 5.41) is 23.5. The van der Waals surface area contributed by atoms with Crippen molar-refractivity contribution in [3.8, 4) is 12.1 Å². The van der Waals surface area contributed by atoms with Gasteiger partial charge in [0, 0.05) is 27.0 Å². The molecule has 0 radical (unpaired) electrons. The number of thiophene rings is 1. The maximum Gasteiger partial charge on any atom is 0.266 e. The number of carbonyl (C=O) groups is 1. The Morgan fingerprint density at radius 3 is 2.82 bits per heavy atom. The lowest BCUT2D eigenvalue weighted by atomic mass is 9.96. The van der Waals surface area contributed by atoms with Gasteiger partial charge in [0.1, 0.15) is 22.7 Å². The zero-order valence-electron chi connectivity index (χ0n) is 15.4. The molecule has 1 aliphatic carbocycles. The molecule has 3 aromatic rings. The molecule has 2 aromatic heterocycles. The maximum absolute atomic E-state index is 12.8. The fraction of sp³-hybridized carbons (Fsp3) is 0.227. The molecule has 1 aliphatic rings. The number of benzene rings is 1. The third-order valence-electron chi connectivity index (χ3n) is 5.11. The molecule has 0 unspecified atom stereocenters. The standard InChI is InChI=1S/C22H18N4OS/c1-13-17(15-6-2-4-8-19(15)25-13)10-14(11-23)21(27)26-22-18(12-24)16-7-3-5-9-20(16)28-22/h2,4,6,8,10,25H,3,5,7,9H2,1H3,(H,26,27)/b14-10+. The molecule has 2 N–H and O–H groups in total. The van der Waals surface area contributed by atoms with Crippen LogP contribution < -0.4 is 5.32 Å². The lowest BCUT2D eigenvalue weighted by molar-refractivity contribution is -0.112. The number of hydrogen-bond acceptors (Lipinski definition) is 4. The van der Waals surface area contributed by atoms with Gasteiger partial charge in [0.05, 0.1) is 5.56 Å². The molecule has 1 amide bonds. The Morgan fingerprint density at radius 2 is 2.04 bits per heavy atom. The van der Waals surface area contributed by atoms with E-state index in [0.717, 1.165) is 53.4 Å². The first kappa shape index (κ1) is 18.0. The van der Waals surface area contributed by atoms with Crippen LogP contribution in [0.2, 0.25) is 0 Å². The summed E-state index contributed by atoms with van der Waals surface area (Å²) in [5.41, 5.74) is 4.31. The summed E-state index contributed by atoms with van der Waals surface area (Å²) in [5.74, 6) is -0.484. The molecular weight excluding hydrogens is 368 g/mol. The number of fused-ring (bicyclic) bond motifs is 2. The van der Waals surface area contributed by atoms with Crippen molar-refractivity contribution in [1.82, 2.24) is 4.98 Å². The van der Waals surface area contributed by atoms with Crippen LogP contribution in [0.15, 0.2) is 29.8 Å². The Morgan fingerprint density at radius 1 is 1.25 bits per heavy atom. The van der Waals surface area contributed by atoms with E-state index in [1.807, 2.05) is 37.3 Å². The lowest BCUT2D eigenvalue weighted by Crippen LogP contribution is -2.13. The number of hydrogen-bond donors (Lipinski definition) is 2. The minimum atomic E-state index is -0.484. The number of rotatable bonds is 3. The minimum absolute atomic E-state index is 0.0168. The van der Waals surface area contributed by atoms with Crippen LogP contribution in [0, 0.1) is 29.6 Å². The first-order valence-electron chi connectivity index (χ1n) is 9.17. The van der Waals surface area contributed by atoms with Crippen molar-refractivity contribution in [3.63, 3.8) is 0 Å². The van der Waals surface area contributed by atoms with Crippen molar-refractivity contribution in [1.29, 1.82) is 10.5 Å². The monoisotopic (exact) mass is 386 g/mol. The van der Waals surface area contributed by atoms with Crippen molar-refractivity contribution < 1.29 is 4.79 Å². The molecule has 0 saturated heterocycles. The van der Waals surface area contributed by atoms with E-state index in [2.05, 4.69) is 16.4 Å². The second kappa shape index (κ2) is 7.34. The van der Waals surface area contributed by atoms with E-state index in [1.54, 1.807) is 6.08 Å². The molecule has 1 aromatic carbocycles. The second-order valence-corrected chi connectivity index (χ2v) is 7.97. The van der Waals surface area contributed by atoms with Crippen LogP contribution in [0.3, 0.4) is 0 Å². The number of aromatic nitrogens is 1. The Kier molecular flexibility index (Phi) is 4.73. The van der Waals surface area contributed by atoms with Crippen LogP contribution in [-0.2, 0) is 17.6 Å². The predicted octanol–water partition coefficient (Wildman–Crippen LogP) is 4.83. The molecule has 0 atom stereocenters. The first-order chi connectivity index (χ1) is 13.6. The number of aryl methyl sites for hydroxylation is 2. The molecule has 138 valence electrons. The molecule has 2 heterocycles. The normalized spacial score (nSPS) is 13.6. The highest BCUT2D eigenvalue weighted by molar-refractivity contribution is 7.16. The summed E-state index contributed by atoms with van der Waals surface area (Å²) in [7, 11) is 0. The largest absolute Gasteiger partial charge is 0.358 e. The Bertz CT molecular complexity index is 1200. The van der Waals surface area contributed by atoms with Crippen LogP contribution in [0.25, 0.3) is 17.0 Å². The van der Waals surface area contributed by atoms with Crippen molar-refractivity contribution in [2.24, 2.45) is 0 Å². The number of nitrogens with zero attached hydrogens (tertiary/aromatic N) is 2. The number of nitrogens with one attached hydrogen (secondary N) is 2. The zero-order valence-corrected chi connectivity index (χ0v) is 16.2. The lowest BCUT2D eigenvalue weighted by Gasteiger charge is -2.09. The number of carbonyl (C=O) groups excluding carboxylic acids is 1. The fourth-order valence-electron chi connectivity index (χ4n) is 3.72. The molecule has 4 rings (SSSR count). The van der Waals surface area contributed by atoms with Gasteiger partial charge in [-0.25, -0.2) is 0 Å². The molecule has 0 bridgehead atoms. The molecule has 0 saturated carbocycles. The van der Waals surface area contributed by atoms with Gasteiger partial charge >= 0.3 is 0 Å². The summed E-state index contributed by atoms with van der Waals surface area (Å²) in [6, 6.07) is 12.0. The van der Waals surface area contributed by atoms with Crippen LogP contribution in [-0.4, -0.2) is 10.9 Å². The van der Waals surface area contributed by atoms with Crippen molar-refractivity contribution in [2.45, 2.75) is 32.6 Å². The Balaban J connectivity index is 1.68. The second-order valence-electron chi connectivity index (χ2n) is 6.86. The number of amides is 1. The van der Waals surface area contributed by atoms with Crippen LogP contribution in [0.5, 0.6) is 0 Å². The Labute approximate surface area is 166 Å². The SMILES string of the molecule is Cc1[nH]c2ccccc2c1/C=C(\C#N)C(=O)Nc1sc2c(c1C#N)CCCC2. The summed E-state index contributed by atoms with van der Waals surface area (Å²) in [6.45, 7) is 1.92. The smallest absolute Gasteiger partial charge is 0.266 e. The van der Waals surface area contributed by atoms with Gasteiger partial charge in [0.25, 0.3) is 5.91 Å². The average Bonchev–Trinajstić information content (AvgIpc) is 3.21. The van der Waals surface area contributed by atoms with Gasteiger partial charge in [-0.1, -0.05) is 18.2 Å². The Hall–Kier alpha value is -3.35. The molecule has 5 nitrogen and oxygen atoms in total. The highest BCUT2D eigenvalue weighted by atomic mass is 32.1. The van der Waals surface area contributed by atoms with Crippen molar-refractivity contribution >= 4 is 39.2 Å². The number of anilines is 1. The van der Waals surface area contributed by atoms with Gasteiger partial charge in [0.15, 0.2) is 0 Å². The van der Waals surface area contributed by atoms with E-state index in [1.165, 1.54) is 16.2 Å². The fourth-order valence-corrected chi connectivity index (χ4v) is 4.95. The molecular formula is C22H18N4OS. The van der Waals surface area contributed by atoms with Crippen LogP contribution >= 0.6 is 11.3 Å². The van der Waals surface area contributed by atoms with Gasteiger partial charge in [-0.15, -0.1) is 11.3 Å². The van der Waals surface area contributed by atoms with Gasteiger partial charge < -0.3 is 10.3 Å². The maximum atomic E-state index is 12.8.